The zero-order chi connectivity index (χ0) is 9.73. The molecule has 3 nitrogen and oxygen atoms in total. The van der Waals surface area contributed by atoms with E-state index in [1.165, 1.54) is 11.3 Å². The molecule has 1 rings (SSSR count). The van der Waals surface area contributed by atoms with Gasteiger partial charge in [0.15, 0.2) is 4.34 Å². The molecule has 5 heteroatoms. The highest BCUT2D eigenvalue weighted by atomic mass is 32.2. The van der Waals surface area contributed by atoms with Gasteiger partial charge in [-0.05, 0) is 20.3 Å². The first-order valence-electron chi connectivity index (χ1n) is 3.94. The minimum atomic E-state index is -0.225. The van der Waals surface area contributed by atoms with Crippen molar-refractivity contribution in [3.8, 4) is 6.07 Å². The summed E-state index contributed by atoms with van der Waals surface area (Å²) in [5.74, 6) is 0.926. The van der Waals surface area contributed by atoms with Gasteiger partial charge in [0, 0.05) is 5.75 Å². The zero-order valence-electron chi connectivity index (χ0n) is 7.65. The first-order chi connectivity index (χ1) is 6.14. The quantitative estimate of drug-likeness (QED) is 0.721. The van der Waals surface area contributed by atoms with Crippen LogP contribution in [0.25, 0.3) is 0 Å². The van der Waals surface area contributed by atoms with Gasteiger partial charge in [0.1, 0.15) is 5.51 Å². The monoisotopic (exact) mass is 213 g/mol. The van der Waals surface area contributed by atoms with Gasteiger partial charge in [-0.3, -0.25) is 0 Å². The van der Waals surface area contributed by atoms with E-state index in [1.807, 2.05) is 13.8 Å². The maximum absolute atomic E-state index is 8.77. The average Bonchev–Trinajstić information content (AvgIpc) is 2.57. The molecule has 0 radical (unpaired) electrons. The second-order valence-electron chi connectivity index (χ2n) is 3.30. The van der Waals surface area contributed by atoms with Gasteiger partial charge in [-0.25, -0.2) is 0 Å². The normalized spacial score (nSPS) is 11.2. The zero-order valence-corrected chi connectivity index (χ0v) is 9.28. The van der Waals surface area contributed by atoms with Crippen molar-refractivity contribution in [2.75, 3.05) is 5.75 Å². The molecule has 0 aliphatic heterocycles. The van der Waals surface area contributed by atoms with Crippen molar-refractivity contribution >= 4 is 23.1 Å². The molecule has 0 saturated heterocycles. The molecule has 70 valence electrons. The molecule has 0 N–H and O–H groups in total. The van der Waals surface area contributed by atoms with E-state index < -0.39 is 0 Å². The standard InChI is InChI=1S/C8H11N3S2/c1-8(2,5-9)3-4-12-7-11-10-6-13-7/h6H,3-4H2,1-2H3. The van der Waals surface area contributed by atoms with E-state index in [9.17, 15) is 0 Å². The van der Waals surface area contributed by atoms with Crippen molar-refractivity contribution in [2.24, 2.45) is 5.41 Å². The van der Waals surface area contributed by atoms with Crippen molar-refractivity contribution in [3.63, 3.8) is 0 Å². The lowest BCUT2D eigenvalue weighted by Gasteiger charge is -2.12. The topological polar surface area (TPSA) is 49.6 Å². The van der Waals surface area contributed by atoms with Gasteiger partial charge in [0.05, 0.1) is 11.5 Å². The Morgan fingerprint density at radius 1 is 1.69 bits per heavy atom. The van der Waals surface area contributed by atoms with Crippen molar-refractivity contribution in [1.29, 1.82) is 5.26 Å². The first kappa shape index (κ1) is 10.5. The minimum Gasteiger partial charge on any atom is -0.198 e. The molecule has 0 fully saturated rings. The van der Waals surface area contributed by atoms with Crippen LogP contribution in [0.4, 0.5) is 0 Å². The van der Waals surface area contributed by atoms with Crippen LogP contribution in [-0.4, -0.2) is 16.0 Å². The van der Waals surface area contributed by atoms with Crippen molar-refractivity contribution in [1.82, 2.24) is 10.2 Å². The Balaban J connectivity index is 2.26. The Bertz CT molecular complexity index is 287. The number of thioether (sulfide) groups is 1. The van der Waals surface area contributed by atoms with E-state index in [-0.39, 0.29) is 5.41 Å². The van der Waals surface area contributed by atoms with E-state index >= 15 is 0 Å². The molecule has 0 bridgehead atoms. The first-order valence-corrected chi connectivity index (χ1v) is 5.81. The molecule has 1 aromatic heterocycles. The minimum absolute atomic E-state index is 0.225. The van der Waals surface area contributed by atoms with Crippen LogP contribution >= 0.6 is 23.1 Å². The molecular formula is C8H11N3S2. The summed E-state index contributed by atoms with van der Waals surface area (Å²) in [5, 5.41) is 16.4. The van der Waals surface area contributed by atoms with Gasteiger partial charge in [0.25, 0.3) is 0 Å². The van der Waals surface area contributed by atoms with Gasteiger partial charge >= 0.3 is 0 Å². The van der Waals surface area contributed by atoms with Crippen LogP contribution in [0.15, 0.2) is 9.85 Å². The van der Waals surface area contributed by atoms with Crippen LogP contribution in [0.5, 0.6) is 0 Å². The highest BCUT2D eigenvalue weighted by Crippen LogP contribution is 2.26. The Labute approximate surface area is 86.2 Å². The molecule has 0 aliphatic carbocycles. The molecule has 0 unspecified atom stereocenters. The summed E-state index contributed by atoms with van der Waals surface area (Å²) in [6.45, 7) is 3.90. The summed E-state index contributed by atoms with van der Waals surface area (Å²) >= 11 is 3.20. The summed E-state index contributed by atoms with van der Waals surface area (Å²) in [7, 11) is 0. The van der Waals surface area contributed by atoms with Crippen LogP contribution in [0, 0.1) is 16.7 Å². The average molecular weight is 213 g/mol. The third-order valence-corrected chi connectivity index (χ3v) is 3.46. The van der Waals surface area contributed by atoms with Crippen LogP contribution < -0.4 is 0 Å². The summed E-state index contributed by atoms with van der Waals surface area (Å²) in [5.41, 5.74) is 1.50. The lowest BCUT2D eigenvalue weighted by molar-refractivity contribution is 0.482. The van der Waals surface area contributed by atoms with Crippen molar-refractivity contribution < 1.29 is 0 Å². The van der Waals surface area contributed by atoms with Crippen molar-refractivity contribution in [3.05, 3.63) is 5.51 Å². The molecule has 1 aromatic rings. The molecule has 1 heterocycles. The molecule has 0 aliphatic rings. The van der Waals surface area contributed by atoms with Gasteiger partial charge in [-0.2, -0.15) is 5.26 Å². The fraction of sp³-hybridized carbons (Fsp3) is 0.625. The Morgan fingerprint density at radius 3 is 3.00 bits per heavy atom. The van der Waals surface area contributed by atoms with Crippen LogP contribution in [0.2, 0.25) is 0 Å². The predicted molar refractivity (Wildman–Crippen MR) is 54.6 cm³/mol. The molecule has 0 atom stereocenters. The van der Waals surface area contributed by atoms with Gasteiger partial charge in [0.2, 0.25) is 0 Å². The number of rotatable bonds is 4. The lowest BCUT2D eigenvalue weighted by atomic mass is 9.93. The Hall–Kier alpha value is -0.600. The van der Waals surface area contributed by atoms with Gasteiger partial charge in [-0.15, -0.1) is 10.2 Å². The molecule has 0 spiro atoms. The highest BCUT2D eigenvalue weighted by molar-refractivity contribution is 8.00. The van der Waals surface area contributed by atoms with Crippen LogP contribution in [-0.2, 0) is 0 Å². The third-order valence-electron chi connectivity index (χ3n) is 1.60. The summed E-state index contributed by atoms with van der Waals surface area (Å²) in [4.78, 5) is 0. The molecule has 0 saturated carbocycles. The summed E-state index contributed by atoms with van der Waals surface area (Å²) in [6, 6.07) is 2.28. The largest absolute Gasteiger partial charge is 0.198 e. The summed E-state index contributed by atoms with van der Waals surface area (Å²) in [6.07, 6.45) is 0.883. The van der Waals surface area contributed by atoms with Crippen LogP contribution in [0.3, 0.4) is 0 Å². The molecular weight excluding hydrogens is 202 g/mol. The summed E-state index contributed by atoms with van der Waals surface area (Å²) < 4.78 is 0.980. The SMILES string of the molecule is CC(C)(C#N)CCSc1nncs1. The Kier molecular flexibility index (Phi) is 3.70. The van der Waals surface area contributed by atoms with E-state index in [0.29, 0.717) is 0 Å². The molecule has 0 aromatic carbocycles. The van der Waals surface area contributed by atoms with Gasteiger partial charge in [-0.1, -0.05) is 23.1 Å². The number of hydrogen-bond acceptors (Lipinski definition) is 5. The fourth-order valence-electron chi connectivity index (χ4n) is 0.675. The highest BCUT2D eigenvalue weighted by Gasteiger charge is 2.16. The Morgan fingerprint density at radius 2 is 2.46 bits per heavy atom. The van der Waals surface area contributed by atoms with Crippen molar-refractivity contribution in [2.45, 2.75) is 24.6 Å². The smallest absolute Gasteiger partial charge is 0.174 e. The van der Waals surface area contributed by atoms with Gasteiger partial charge < -0.3 is 0 Å². The molecule has 13 heavy (non-hydrogen) atoms. The van der Waals surface area contributed by atoms with Crippen LogP contribution in [0.1, 0.15) is 20.3 Å². The third kappa shape index (κ3) is 3.75. The van der Waals surface area contributed by atoms with E-state index in [4.69, 9.17) is 5.26 Å². The number of nitrogens with zero attached hydrogens (tertiary/aromatic N) is 3. The number of hydrogen-bond donors (Lipinski definition) is 0. The second-order valence-corrected chi connectivity index (χ2v) is 5.47. The maximum atomic E-state index is 8.77. The van der Waals surface area contributed by atoms with E-state index in [0.717, 1.165) is 16.5 Å². The fourth-order valence-corrected chi connectivity index (χ4v) is 2.50. The lowest BCUT2D eigenvalue weighted by Crippen LogP contribution is -2.08. The van der Waals surface area contributed by atoms with E-state index in [1.54, 1.807) is 17.3 Å². The molecule has 0 amide bonds. The second kappa shape index (κ2) is 4.58. The number of aromatic nitrogens is 2. The van der Waals surface area contributed by atoms with E-state index in [2.05, 4.69) is 16.3 Å². The maximum Gasteiger partial charge on any atom is 0.174 e. The predicted octanol–water partition coefficient (Wildman–Crippen LogP) is 2.57. The number of nitriles is 1.